The molecule has 0 unspecified atom stereocenters. The van der Waals surface area contributed by atoms with Crippen molar-refractivity contribution in [3.63, 3.8) is 0 Å². The van der Waals surface area contributed by atoms with Crippen LogP contribution >= 0.6 is 0 Å². The molecule has 0 amide bonds. The Bertz CT molecular complexity index is 1000. The lowest BCUT2D eigenvalue weighted by atomic mass is 10.1. The number of benzene rings is 2. The zero-order valence-electron chi connectivity index (χ0n) is 11.7. The molecule has 0 aliphatic carbocycles. The van der Waals surface area contributed by atoms with Crippen molar-refractivity contribution in [3.05, 3.63) is 66.4 Å². The summed E-state index contributed by atoms with van der Waals surface area (Å²) < 4.78 is 41.7. The Labute approximate surface area is 129 Å². The maximum absolute atomic E-state index is 13.5. The fraction of sp³-hybridized carbons (Fsp3) is 0.0588. The van der Waals surface area contributed by atoms with Gasteiger partial charge in [0.1, 0.15) is 5.69 Å². The van der Waals surface area contributed by atoms with Gasteiger partial charge in [0.15, 0.2) is 0 Å². The second-order valence-corrected chi connectivity index (χ2v) is 5.13. The zero-order chi connectivity index (χ0) is 16.0. The van der Waals surface area contributed by atoms with Crippen LogP contribution in [0.2, 0.25) is 0 Å². The van der Waals surface area contributed by atoms with Crippen LogP contribution in [0, 0.1) is 0 Å². The Hall–Kier alpha value is -2.89. The lowest BCUT2D eigenvalue weighted by molar-refractivity contribution is -0.141. The average molecular weight is 313 g/mol. The van der Waals surface area contributed by atoms with E-state index in [2.05, 4.69) is 9.97 Å². The van der Waals surface area contributed by atoms with Gasteiger partial charge in [-0.05, 0) is 18.2 Å². The quantitative estimate of drug-likeness (QED) is 0.515. The van der Waals surface area contributed by atoms with E-state index in [9.17, 15) is 13.2 Å². The molecule has 0 fully saturated rings. The molecule has 0 aliphatic rings. The molecule has 4 aromatic rings. The van der Waals surface area contributed by atoms with Gasteiger partial charge in [-0.1, -0.05) is 42.5 Å². The minimum Gasteiger partial charge on any atom is -0.272 e. The molecule has 0 saturated carbocycles. The van der Waals surface area contributed by atoms with Gasteiger partial charge in [0, 0.05) is 5.56 Å². The largest absolute Gasteiger partial charge is 0.431 e. The molecule has 114 valence electrons. The van der Waals surface area contributed by atoms with Gasteiger partial charge >= 0.3 is 6.18 Å². The first-order valence-electron chi connectivity index (χ1n) is 6.95. The summed E-state index contributed by atoms with van der Waals surface area (Å²) in [5, 5.41) is 0. The van der Waals surface area contributed by atoms with E-state index in [1.165, 1.54) is 0 Å². The third kappa shape index (κ3) is 2.23. The molecule has 2 heterocycles. The minimum absolute atomic E-state index is 0.0416. The normalized spacial score (nSPS) is 12.1. The summed E-state index contributed by atoms with van der Waals surface area (Å²) in [6.45, 7) is 0. The highest BCUT2D eigenvalue weighted by Gasteiger charge is 2.35. The molecular weight excluding hydrogens is 303 g/mol. The summed E-state index contributed by atoms with van der Waals surface area (Å²) in [5.74, 6) is 0.0416. The van der Waals surface area contributed by atoms with Gasteiger partial charge < -0.3 is 0 Å². The van der Waals surface area contributed by atoms with Crippen molar-refractivity contribution >= 4 is 16.8 Å². The van der Waals surface area contributed by atoms with Crippen molar-refractivity contribution in [3.8, 4) is 11.3 Å². The summed E-state index contributed by atoms with van der Waals surface area (Å²) >= 11 is 0. The Kier molecular flexibility index (Phi) is 2.87. The number of rotatable bonds is 1. The Morgan fingerprint density at radius 3 is 2.26 bits per heavy atom. The first kappa shape index (κ1) is 13.8. The smallest absolute Gasteiger partial charge is 0.272 e. The summed E-state index contributed by atoms with van der Waals surface area (Å²) in [6.07, 6.45) is -4.51. The van der Waals surface area contributed by atoms with Gasteiger partial charge in [-0.15, -0.1) is 0 Å². The van der Waals surface area contributed by atoms with Gasteiger partial charge in [-0.25, -0.2) is 9.97 Å². The maximum Gasteiger partial charge on any atom is 0.431 e. The summed E-state index contributed by atoms with van der Waals surface area (Å²) in [4.78, 5) is 8.54. The van der Waals surface area contributed by atoms with Gasteiger partial charge in [0.2, 0.25) is 5.78 Å². The highest BCUT2D eigenvalue weighted by atomic mass is 19.4. The Morgan fingerprint density at radius 2 is 1.52 bits per heavy atom. The van der Waals surface area contributed by atoms with Gasteiger partial charge in [-0.3, -0.25) is 4.40 Å². The molecule has 3 nitrogen and oxygen atoms in total. The average Bonchev–Trinajstić information content (AvgIpc) is 2.92. The van der Waals surface area contributed by atoms with E-state index in [-0.39, 0.29) is 11.5 Å². The molecule has 0 saturated heterocycles. The van der Waals surface area contributed by atoms with E-state index in [4.69, 9.17) is 0 Å². The molecule has 0 atom stereocenters. The number of fused-ring (bicyclic) bond motifs is 3. The second-order valence-electron chi connectivity index (χ2n) is 5.13. The number of para-hydroxylation sites is 2. The number of hydrogen-bond acceptors (Lipinski definition) is 2. The summed E-state index contributed by atoms with van der Waals surface area (Å²) in [6, 6.07) is 16.5. The molecular formula is C17H10F3N3. The fourth-order valence-electron chi connectivity index (χ4n) is 2.63. The predicted octanol–water partition coefficient (Wildman–Crippen LogP) is 4.57. The van der Waals surface area contributed by atoms with Crippen LogP contribution in [0.4, 0.5) is 13.2 Å². The number of halogens is 3. The molecule has 0 aliphatic heterocycles. The molecule has 2 aromatic heterocycles. The van der Waals surface area contributed by atoms with Crippen LogP contribution in [0.5, 0.6) is 0 Å². The maximum atomic E-state index is 13.5. The summed E-state index contributed by atoms with van der Waals surface area (Å²) in [5.41, 5.74) is 0.959. The number of imidazole rings is 1. The van der Waals surface area contributed by atoms with Crippen molar-refractivity contribution in [1.82, 2.24) is 14.4 Å². The zero-order valence-corrected chi connectivity index (χ0v) is 11.7. The molecule has 0 bridgehead atoms. The third-order valence-electron chi connectivity index (χ3n) is 3.64. The molecule has 23 heavy (non-hydrogen) atoms. The highest BCUT2D eigenvalue weighted by Crippen LogP contribution is 2.34. The minimum atomic E-state index is -4.51. The lowest BCUT2D eigenvalue weighted by Gasteiger charge is -2.12. The fourth-order valence-corrected chi connectivity index (χ4v) is 2.63. The molecule has 6 heteroatoms. The Balaban J connectivity index is 2.12. The molecule has 4 rings (SSSR count). The van der Waals surface area contributed by atoms with E-state index in [1.807, 2.05) is 0 Å². The first-order chi connectivity index (χ1) is 11.0. The highest BCUT2D eigenvalue weighted by molar-refractivity contribution is 5.80. The third-order valence-corrected chi connectivity index (χ3v) is 3.64. The van der Waals surface area contributed by atoms with E-state index >= 15 is 0 Å². The van der Waals surface area contributed by atoms with Gasteiger partial charge in [0.05, 0.1) is 16.7 Å². The van der Waals surface area contributed by atoms with E-state index in [0.29, 0.717) is 16.6 Å². The van der Waals surface area contributed by atoms with Crippen molar-refractivity contribution in [2.24, 2.45) is 0 Å². The van der Waals surface area contributed by atoms with Crippen molar-refractivity contribution in [2.45, 2.75) is 6.18 Å². The van der Waals surface area contributed by atoms with Crippen LogP contribution in [-0.4, -0.2) is 14.4 Å². The topological polar surface area (TPSA) is 30.2 Å². The van der Waals surface area contributed by atoms with Crippen LogP contribution in [0.25, 0.3) is 28.1 Å². The first-order valence-corrected chi connectivity index (χ1v) is 6.95. The second kappa shape index (κ2) is 4.81. The molecule has 0 spiro atoms. The van der Waals surface area contributed by atoms with Crippen molar-refractivity contribution in [2.75, 3.05) is 0 Å². The van der Waals surface area contributed by atoms with Crippen LogP contribution < -0.4 is 0 Å². The van der Waals surface area contributed by atoms with Crippen LogP contribution in [0.1, 0.15) is 5.69 Å². The molecule has 0 N–H and O–H groups in total. The SMILES string of the molecule is FC(F)(F)c1cc(-c2ccccc2)nc2nc3ccccc3n12. The Morgan fingerprint density at radius 1 is 0.826 bits per heavy atom. The van der Waals surface area contributed by atoms with Crippen LogP contribution in [-0.2, 0) is 6.18 Å². The number of alkyl halides is 3. The number of hydrogen-bond donors (Lipinski definition) is 0. The van der Waals surface area contributed by atoms with Gasteiger partial charge in [-0.2, -0.15) is 13.2 Å². The lowest BCUT2D eigenvalue weighted by Crippen LogP contribution is -2.13. The van der Waals surface area contributed by atoms with Gasteiger partial charge in [0.25, 0.3) is 0 Å². The predicted molar refractivity (Wildman–Crippen MR) is 80.9 cm³/mol. The number of aromatic nitrogens is 3. The summed E-state index contributed by atoms with van der Waals surface area (Å²) in [7, 11) is 0. The van der Waals surface area contributed by atoms with E-state index in [1.54, 1.807) is 54.6 Å². The van der Waals surface area contributed by atoms with E-state index in [0.717, 1.165) is 10.5 Å². The molecule has 2 aromatic carbocycles. The van der Waals surface area contributed by atoms with E-state index < -0.39 is 11.9 Å². The number of nitrogens with zero attached hydrogens (tertiary/aromatic N) is 3. The van der Waals surface area contributed by atoms with Crippen molar-refractivity contribution in [1.29, 1.82) is 0 Å². The standard InChI is InChI=1S/C17H10F3N3/c18-17(19,20)15-10-13(11-6-2-1-3-7-11)22-16-21-12-8-4-5-9-14(12)23(15)16/h1-10H. The molecule has 0 radical (unpaired) electrons. The van der Waals surface area contributed by atoms with Crippen molar-refractivity contribution < 1.29 is 13.2 Å². The van der Waals surface area contributed by atoms with Crippen LogP contribution in [0.3, 0.4) is 0 Å². The van der Waals surface area contributed by atoms with Crippen LogP contribution in [0.15, 0.2) is 60.7 Å². The monoisotopic (exact) mass is 313 g/mol.